The number of epoxide rings is 1. The number of alkyl carbamates (subject to hydrolysis) is 1. The minimum absolute atomic E-state index is 0.0465. The van der Waals surface area contributed by atoms with E-state index in [0.29, 0.717) is 30.8 Å². The lowest BCUT2D eigenvalue weighted by Gasteiger charge is -2.42. The van der Waals surface area contributed by atoms with Crippen LogP contribution in [0, 0.1) is 5.92 Å². The van der Waals surface area contributed by atoms with E-state index < -0.39 is 65.7 Å². The summed E-state index contributed by atoms with van der Waals surface area (Å²) < 4.78 is 29.2. The standard InChI is InChI=1S/C37H53ClN4O10/c1-21-12-10-13-28(49-9)37(47)20-27(50-35(46)40-37)22(2)33-36(4,52-33)29(51-34(45)23(3)41(6)30(43)14-11-15-39-5)19-31(44)42(7)25-17-24(16-21)18-26(48-8)32(25)38/h10,12-13,17-18,22-23,27-29,33,39,47H,11,14-16,19-20H2,1-9H3,(H,40,46)/b13-10+,21-12+/t22-,23+,27+,28-,29+,33?,36+,37+/m1/s1. The van der Waals surface area contributed by atoms with E-state index in [4.69, 9.17) is 35.3 Å². The molecule has 1 aromatic carbocycles. The van der Waals surface area contributed by atoms with Crippen molar-refractivity contribution in [3.05, 3.63) is 46.5 Å². The summed E-state index contributed by atoms with van der Waals surface area (Å²) >= 11 is 6.75. The van der Waals surface area contributed by atoms with Gasteiger partial charge in [-0.2, -0.15) is 0 Å². The van der Waals surface area contributed by atoms with Crippen LogP contribution in [0.5, 0.6) is 5.75 Å². The number of aliphatic hydroxyl groups is 1. The van der Waals surface area contributed by atoms with Crippen LogP contribution >= 0.6 is 11.6 Å². The van der Waals surface area contributed by atoms with Crippen LogP contribution in [0.3, 0.4) is 0 Å². The van der Waals surface area contributed by atoms with Gasteiger partial charge in [0.25, 0.3) is 0 Å². The number of benzene rings is 1. The van der Waals surface area contributed by atoms with Crippen LogP contribution < -0.4 is 20.3 Å². The molecule has 14 nitrogen and oxygen atoms in total. The smallest absolute Gasteiger partial charge is 0.409 e. The Morgan fingerprint density at radius 2 is 1.98 bits per heavy atom. The predicted molar refractivity (Wildman–Crippen MR) is 194 cm³/mol. The summed E-state index contributed by atoms with van der Waals surface area (Å²) in [6.07, 6.45) is 1.82. The van der Waals surface area contributed by atoms with Gasteiger partial charge in [0.15, 0.2) is 5.72 Å². The molecule has 0 aromatic heterocycles. The number of ether oxygens (including phenoxy) is 5. The van der Waals surface area contributed by atoms with E-state index >= 15 is 0 Å². The van der Waals surface area contributed by atoms with Crippen molar-refractivity contribution >= 4 is 41.2 Å². The van der Waals surface area contributed by atoms with Crippen molar-refractivity contribution in [2.24, 2.45) is 5.92 Å². The Morgan fingerprint density at radius 1 is 1.27 bits per heavy atom. The molecule has 0 spiro atoms. The van der Waals surface area contributed by atoms with E-state index in [1.165, 1.54) is 31.1 Å². The van der Waals surface area contributed by atoms with Gasteiger partial charge in [-0.15, -0.1) is 0 Å². The second kappa shape index (κ2) is 17.0. The summed E-state index contributed by atoms with van der Waals surface area (Å²) in [5, 5.41) is 17.5. The number of likely N-dealkylation sites (N-methyl/N-ethyl adjacent to an activating group) is 1. The quantitative estimate of drug-likeness (QED) is 0.192. The molecule has 0 aliphatic carbocycles. The number of nitrogens with one attached hydrogen (secondary N) is 2. The summed E-state index contributed by atoms with van der Waals surface area (Å²) in [5.41, 5.74) is -0.891. The van der Waals surface area contributed by atoms with Gasteiger partial charge in [0.05, 0.1) is 25.3 Å². The average Bonchev–Trinajstić information content (AvgIpc) is 3.80. The molecule has 52 heavy (non-hydrogen) atoms. The van der Waals surface area contributed by atoms with Gasteiger partial charge in [-0.1, -0.05) is 42.3 Å². The molecule has 4 bridgehead atoms. The van der Waals surface area contributed by atoms with Crippen molar-refractivity contribution in [2.45, 2.75) is 102 Å². The zero-order valence-corrected chi connectivity index (χ0v) is 32.2. The molecular formula is C37H53ClN4O10. The Bertz CT molecular complexity index is 1570. The van der Waals surface area contributed by atoms with E-state index in [1.54, 1.807) is 59.2 Å². The number of allylic oxidation sites excluding steroid dienone is 3. The van der Waals surface area contributed by atoms with Gasteiger partial charge in [0.2, 0.25) is 11.8 Å². The van der Waals surface area contributed by atoms with Crippen LogP contribution in [-0.4, -0.2) is 118 Å². The molecule has 1 unspecified atom stereocenters. The van der Waals surface area contributed by atoms with Crippen LogP contribution in [0.4, 0.5) is 10.5 Å². The lowest BCUT2D eigenvalue weighted by molar-refractivity contribution is -0.162. The molecule has 3 N–H and O–H groups in total. The number of anilines is 1. The molecule has 0 radical (unpaired) electrons. The summed E-state index contributed by atoms with van der Waals surface area (Å²) in [4.78, 5) is 56.2. The summed E-state index contributed by atoms with van der Waals surface area (Å²) in [6.45, 7) is 7.66. The van der Waals surface area contributed by atoms with Gasteiger partial charge in [-0.05, 0) is 64.9 Å². The fourth-order valence-corrected chi connectivity index (χ4v) is 7.12. The first-order valence-corrected chi connectivity index (χ1v) is 17.9. The molecule has 3 heterocycles. The topological polar surface area (TPSA) is 169 Å². The van der Waals surface area contributed by atoms with E-state index in [2.05, 4.69) is 10.6 Å². The molecule has 0 saturated carbocycles. The van der Waals surface area contributed by atoms with Crippen molar-refractivity contribution < 1.29 is 48.0 Å². The third kappa shape index (κ3) is 9.08. The van der Waals surface area contributed by atoms with Crippen LogP contribution in [0.1, 0.15) is 58.9 Å². The van der Waals surface area contributed by atoms with Crippen molar-refractivity contribution in [3.63, 3.8) is 0 Å². The van der Waals surface area contributed by atoms with Gasteiger partial charge in [0, 0.05) is 40.0 Å². The first kappa shape index (κ1) is 41.1. The highest BCUT2D eigenvalue weighted by molar-refractivity contribution is 6.35. The number of hydrogen-bond donors (Lipinski definition) is 3. The maximum Gasteiger partial charge on any atom is 0.409 e. The molecule has 3 amide bonds. The molecule has 8 atom stereocenters. The molecule has 4 rings (SSSR count). The number of fused-ring (bicyclic) bond motifs is 5. The average molecular weight is 749 g/mol. The van der Waals surface area contributed by atoms with Gasteiger partial charge in [0.1, 0.15) is 40.7 Å². The van der Waals surface area contributed by atoms with Crippen molar-refractivity contribution in [1.82, 2.24) is 15.5 Å². The predicted octanol–water partition coefficient (Wildman–Crippen LogP) is 3.51. The zero-order valence-electron chi connectivity index (χ0n) is 31.5. The summed E-state index contributed by atoms with van der Waals surface area (Å²) in [5.74, 6) is -1.52. The molecule has 2 saturated heterocycles. The monoisotopic (exact) mass is 748 g/mol. The van der Waals surface area contributed by atoms with E-state index in [1.807, 2.05) is 13.0 Å². The molecule has 1 aromatic rings. The van der Waals surface area contributed by atoms with Crippen molar-refractivity contribution in [1.29, 1.82) is 0 Å². The molecule has 3 aliphatic heterocycles. The Kier molecular flexibility index (Phi) is 13.4. The second-order valence-electron chi connectivity index (χ2n) is 14.1. The maximum absolute atomic E-state index is 14.1. The molecule has 3 aliphatic rings. The van der Waals surface area contributed by atoms with Crippen LogP contribution in [0.2, 0.25) is 5.02 Å². The van der Waals surface area contributed by atoms with Crippen LogP contribution in [0.15, 0.2) is 35.9 Å². The van der Waals surface area contributed by atoms with Crippen molar-refractivity contribution in [2.75, 3.05) is 46.8 Å². The lowest BCUT2D eigenvalue weighted by Crippen LogP contribution is -2.63. The SMILES string of the molecule is CNCCCC(=O)N(C)[C@@H](C)C(=O)O[C@H]1CC(=O)N(C)c2cc(cc(OC)c2Cl)C/C(C)=C/C=C/[C@@H](OC)[C@@]2(O)C[C@H](OC(=O)N2)[C@@H](C)C2O[C@]21C. The van der Waals surface area contributed by atoms with Crippen LogP contribution in [0.25, 0.3) is 0 Å². The molecule has 288 valence electrons. The fraction of sp³-hybridized carbons (Fsp3) is 0.622. The highest BCUT2D eigenvalue weighted by atomic mass is 35.5. The minimum Gasteiger partial charge on any atom is -0.495 e. The van der Waals surface area contributed by atoms with E-state index in [0.717, 1.165) is 11.1 Å². The number of halogens is 1. The number of esters is 1. The van der Waals surface area contributed by atoms with Crippen LogP contribution in [-0.2, 0) is 39.8 Å². The Labute approximate surface area is 310 Å². The van der Waals surface area contributed by atoms with Gasteiger partial charge in [-0.25, -0.2) is 9.59 Å². The first-order valence-electron chi connectivity index (χ1n) is 17.5. The Morgan fingerprint density at radius 3 is 2.63 bits per heavy atom. The number of hydrogen-bond acceptors (Lipinski definition) is 11. The number of amides is 3. The van der Waals surface area contributed by atoms with E-state index in [-0.39, 0.29) is 30.2 Å². The third-order valence-electron chi connectivity index (χ3n) is 10.3. The lowest BCUT2D eigenvalue weighted by atomic mass is 9.83. The number of carbonyl (C=O) groups is 4. The minimum atomic E-state index is -1.82. The first-order chi connectivity index (χ1) is 24.5. The molecule has 15 heteroatoms. The van der Waals surface area contributed by atoms with Crippen molar-refractivity contribution in [3.8, 4) is 5.75 Å². The van der Waals surface area contributed by atoms with Gasteiger partial charge >= 0.3 is 12.1 Å². The number of carbonyl (C=O) groups excluding carboxylic acids is 4. The maximum atomic E-state index is 14.1. The Hall–Kier alpha value is -3.69. The fourth-order valence-electron chi connectivity index (χ4n) is 6.81. The number of methoxy groups -OCH3 is 2. The highest BCUT2D eigenvalue weighted by Gasteiger charge is 2.64. The second-order valence-corrected chi connectivity index (χ2v) is 14.5. The molecular weight excluding hydrogens is 696 g/mol. The Balaban J connectivity index is 1.74. The largest absolute Gasteiger partial charge is 0.495 e. The van der Waals surface area contributed by atoms with Gasteiger partial charge < -0.3 is 43.9 Å². The number of nitrogens with zero attached hydrogens (tertiary/aromatic N) is 2. The normalized spacial score (nSPS) is 31.6. The highest BCUT2D eigenvalue weighted by Crippen LogP contribution is 2.49. The zero-order chi connectivity index (χ0) is 38.5. The van der Waals surface area contributed by atoms with E-state index in [9.17, 15) is 24.3 Å². The summed E-state index contributed by atoms with van der Waals surface area (Å²) in [7, 11) is 7.83. The summed E-state index contributed by atoms with van der Waals surface area (Å²) in [6, 6.07) is 2.63. The van der Waals surface area contributed by atoms with Gasteiger partial charge in [-0.3, -0.25) is 14.9 Å². The number of rotatable bonds is 9. The third-order valence-corrected chi connectivity index (χ3v) is 10.7. The molecule has 2 fully saturated rings.